The molecule has 0 aliphatic rings. The van der Waals surface area contributed by atoms with Gasteiger partial charge in [0.05, 0.1) is 5.75 Å². The molecule has 0 aliphatic carbocycles. The Morgan fingerprint density at radius 1 is 1.22 bits per heavy atom. The molecule has 55 valence electrons. The van der Waals surface area contributed by atoms with Crippen LogP contribution in [0.1, 0.15) is 20.8 Å². The number of hydrogen-bond donors (Lipinski definition) is 0. The third-order valence-electron chi connectivity index (χ3n) is 0.568. The summed E-state index contributed by atoms with van der Waals surface area (Å²) >= 11 is 0. The largest absolute Gasteiger partial charge is 0.229 e. The van der Waals surface area contributed by atoms with Crippen LogP contribution in [-0.2, 0) is 9.84 Å². The molecule has 0 atom stereocenters. The molecule has 0 aromatic heterocycles. The highest BCUT2D eigenvalue weighted by molar-refractivity contribution is 7.92. The van der Waals surface area contributed by atoms with Crippen molar-refractivity contribution in [1.82, 2.24) is 0 Å². The fourth-order valence-corrected chi connectivity index (χ4v) is 1.93. The lowest BCUT2D eigenvalue weighted by Gasteiger charge is -2.14. The van der Waals surface area contributed by atoms with Crippen molar-refractivity contribution in [3.05, 3.63) is 5.75 Å². The summed E-state index contributed by atoms with van der Waals surface area (Å²) in [5, 5.41) is 0. The Bertz CT molecular complexity index is 172. The van der Waals surface area contributed by atoms with E-state index in [0.29, 0.717) is 0 Å². The highest BCUT2D eigenvalue weighted by atomic mass is 32.2. The van der Waals surface area contributed by atoms with Crippen molar-refractivity contribution in [3.63, 3.8) is 0 Å². The lowest BCUT2D eigenvalue weighted by atomic mass is 10.0. The normalized spacial score (nSPS) is 13.8. The van der Waals surface area contributed by atoms with Gasteiger partial charge in [-0.05, 0) is 5.41 Å². The van der Waals surface area contributed by atoms with Gasteiger partial charge in [0, 0.05) is 6.26 Å². The van der Waals surface area contributed by atoms with Crippen LogP contribution in [0.25, 0.3) is 0 Å². The van der Waals surface area contributed by atoms with Crippen molar-refractivity contribution >= 4 is 9.84 Å². The molecule has 0 N–H and O–H groups in total. The van der Waals surface area contributed by atoms with Gasteiger partial charge in [-0.25, -0.2) is 8.42 Å². The zero-order valence-corrected chi connectivity index (χ0v) is 7.12. The molecular weight excluding hydrogens is 136 g/mol. The maximum Gasteiger partial charge on any atom is 0.152 e. The zero-order valence-electron chi connectivity index (χ0n) is 6.30. The molecule has 0 unspecified atom stereocenters. The smallest absolute Gasteiger partial charge is 0.152 e. The second kappa shape index (κ2) is 2.29. The molecule has 3 heteroatoms. The van der Waals surface area contributed by atoms with Gasteiger partial charge in [0.2, 0.25) is 0 Å². The number of hydrogen-bond acceptors (Lipinski definition) is 2. The summed E-state index contributed by atoms with van der Waals surface area (Å²) in [7, 11) is -2.91. The topological polar surface area (TPSA) is 34.1 Å². The van der Waals surface area contributed by atoms with Crippen LogP contribution in [0.15, 0.2) is 0 Å². The maximum atomic E-state index is 10.6. The molecule has 0 bridgehead atoms. The van der Waals surface area contributed by atoms with Gasteiger partial charge in [0.25, 0.3) is 0 Å². The Morgan fingerprint density at radius 3 is 1.56 bits per heavy atom. The summed E-state index contributed by atoms with van der Waals surface area (Å²) in [5.74, 6) is 1.35. The van der Waals surface area contributed by atoms with Crippen LogP contribution in [0.5, 0.6) is 0 Å². The minimum Gasteiger partial charge on any atom is -0.229 e. The van der Waals surface area contributed by atoms with Gasteiger partial charge >= 0.3 is 0 Å². The van der Waals surface area contributed by atoms with Crippen molar-refractivity contribution in [3.8, 4) is 0 Å². The molecule has 1 radical (unpaired) electrons. The minimum atomic E-state index is -2.91. The quantitative estimate of drug-likeness (QED) is 0.562. The molecule has 0 rings (SSSR count). The molecule has 0 spiro atoms. The van der Waals surface area contributed by atoms with Crippen molar-refractivity contribution in [2.45, 2.75) is 20.8 Å². The summed E-state index contributed by atoms with van der Waals surface area (Å²) in [6.07, 6.45) is 1.21. The first-order valence-electron chi connectivity index (χ1n) is 2.77. The number of rotatable bonds is 1. The van der Waals surface area contributed by atoms with Gasteiger partial charge in [0.1, 0.15) is 0 Å². The van der Waals surface area contributed by atoms with E-state index >= 15 is 0 Å². The van der Waals surface area contributed by atoms with Crippen LogP contribution in [0.3, 0.4) is 0 Å². The fraction of sp³-hybridized carbons (Fsp3) is 0.833. The molecule has 2 nitrogen and oxygen atoms in total. The van der Waals surface area contributed by atoms with Crippen LogP contribution >= 0.6 is 0 Å². The predicted octanol–water partition coefficient (Wildman–Crippen LogP) is 1.24. The lowest BCUT2D eigenvalue weighted by Crippen LogP contribution is -2.12. The Balaban J connectivity index is 4.07. The van der Waals surface area contributed by atoms with E-state index in [-0.39, 0.29) is 5.41 Å². The second-order valence-electron chi connectivity index (χ2n) is 3.31. The third kappa shape index (κ3) is 7.95. The maximum absolute atomic E-state index is 10.6. The summed E-state index contributed by atoms with van der Waals surface area (Å²) in [6.45, 7) is 5.57. The lowest BCUT2D eigenvalue weighted by molar-refractivity contribution is 0.509. The third-order valence-corrected chi connectivity index (χ3v) is 1.70. The summed E-state index contributed by atoms with van der Waals surface area (Å²) < 4.78 is 21.2. The minimum absolute atomic E-state index is 0.229. The molecule has 9 heavy (non-hydrogen) atoms. The molecule has 0 saturated heterocycles. The average Bonchev–Trinajstić information content (AvgIpc) is 1.14. The van der Waals surface area contributed by atoms with Crippen LogP contribution in [0.2, 0.25) is 0 Å². The summed E-state index contributed by atoms with van der Waals surface area (Å²) in [5.41, 5.74) is -0.229. The Hall–Kier alpha value is -0.0500. The van der Waals surface area contributed by atoms with E-state index in [2.05, 4.69) is 0 Å². The van der Waals surface area contributed by atoms with Crippen LogP contribution in [0.4, 0.5) is 0 Å². The van der Waals surface area contributed by atoms with Gasteiger partial charge in [0.15, 0.2) is 9.84 Å². The zero-order chi connectivity index (χ0) is 7.71. The van der Waals surface area contributed by atoms with E-state index in [9.17, 15) is 8.42 Å². The Morgan fingerprint density at radius 2 is 1.56 bits per heavy atom. The molecular formula is C6H13O2S. The van der Waals surface area contributed by atoms with Crippen LogP contribution < -0.4 is 0 Å². The molecule has 0 saturated carbocycles. The van der Waals surface area contributed by atoms with Gasteiger partial charge < -0.3 is 0 Å². The monoisotopic (exact) mass is 149 g/mol. The first kappa shape index (κ1) is 8.95. The van der Waals surface area contributed by atoms with Crippen molar-refractivity contribution < 1.29 is 8.42 Å². The first-order chi connectivity index (χ1) is 3.71. The SMILES string of the molecule is CC(C)(C)[CH]S(C)(=O)=O. The molecule has 0 fully saturated rings. The first-order valence-corrected chi connectivity index (χ1v) is 4.72. The van der Waals surface area contributed by atoms with Gasteiger partial charge in [-0.2, -0.15) is 0 Å². The van der Waals surface area contributed by atoms with Gasteiger partial charge in [-0.1, -0.05) is 20.8 Å². The van der Waals surface area contributed by atoms with E-state index in [1.165, 1.54) is 12.0 Å². The number of sulfone groups is 1. The van der Waals surface area contributed by atoms with E-state index in [4.69, 9.17) is 0 Å². The van der Waals surface area contributed by atoms with Crippen molar-refractivity contribution in [2.75, 3.05) is 6.26 Å². The highest BCUT2D eigenvalue weighted by Crippen LogP contribution is 2.19. The predicted molar refractivity (Wildman–Crippen MR) is 38.6 cm³/mol. The van der Waals surface area contributed by atoms with Gasteiger partial charge in [-0.15, -0.1) is 0 Å². The van der Waals surface area contributed by atoms with Gasteiger partial charge in [-0.3, -0.25) is 0 Å². The fourth-order valence-electron chi connectivity index (χ4n) is 0.642. The summed E-state index contributed by atoms with van der Waals surface area (Å²) in [6, 6.07) is 0. The molecule has 0 aromatic rings. The Kier molecular flexibility index (Phi) is 2.28. The molecule has 0 aliphatic heterocycles. The molecule has 0 aromatic carbocycles. The highest BCUT2D eigenvalue weighted by Gasteiger charge is 2.17. The Labute approximate surface area is 57.2 Å². The van der Waals surface area contributed by atoms with Crippen LogP contribution in [0, 0.1) is 11.2 Å². The van der Waals surface area contributed by atoms with E-state index in [1.54, 1.807) is 0 Å². The second-order valence-corrected chi connectivity index (χ2v) is 5.21. The molecule has 0 amide bonds. The van der Waals surface area contributed by atoms with Crippen molar-refractivity contribution in [2.24, 2.45) is 5.41 Å². The summed E-state index contributed by atoms with van der Waals surface area (Å²) in [4.78, 5) is 0. The van der Waals surface area contributed by atoms with E-state index in [0.717, 1.165) is 0 Å². The van der Waals surface area contributed by atoms with Crippen LogP contribution in [-0.4, -0.2) is 14.7 Å². The van der Waals surface area contributed by atoms with E-state index in [1.807, 2.05) is 20.8 Å². The van der Waals surface area contributed by atoms with Crippen molar-refractivity contribution in [1.29, 1.82) is 0 Å². The van der Waals surface area contributed by atoms with E-state index < -0.39 is 9.84 Å². The molecule has 0 heterocycles. The standard InChI is InChI=1S/C6H13O2S/c1-6(2,3)5-9(4,7)8/h5H,1-4H3. The average molecular weight is 149 g/mol.